The maximum absolute atomic E-state index is 12.6. The van der Waals surface area contributed by atoms with Crippen molar-refractivity contribution in [2.75, 3.05) is 33.3 Å². The molecule has 0 bridgehead atoms. The maximum Gasteiger partial charge on any atom is 0.264 e. The monoisotopic (exact) mass is 567 g/mol. The minimum atomic E-state index is -0.314. The molecule has 9 nitrogen and oxygen atoms in total. The number of rotatable bonds is 9. The molecule has 2 heterocycles. The van der Waals surface area contributed by atoms with Gasteiger partial charge in [-0.2, -0.15) is 0 Å². The number of thiazole rings is 1. The second kappa shape index (κ2) is 11.4. The summed E-state index contributed by atoms with van der Waals surface area (Å²) in [7, 11) is 4.70. The molecule has 0 aliphatic carbocycles. The van der Waals surface area contributed by atoms with Crippen LogP contribution in [0.5, 0.6) is 23.0 Å². The van der Waals surface area contributed by atoms with Gasteiger partial charge in [0.2, 0.25) is 5.75 Å². The summed E-state index contributed by atoms with van der Waals surface area (Å²) in [5, 5.41) is 8.18. The Balaban J connectivity index is 1.24. The van der Waals surface area contributed by atoms with E-state index in [2.05, 4.69) is 15.5 Å². The number of nitrogens with one attached hydrogen (secondary N) is 1. The number of ether oxygens (including phenoxy) is 4. The number of anilines is 1. The zero-order valence-electron chi connectivity index (χ0n) is 21.7. The van der Waals surface area contributed by atoms with Gasteiger partial charge in [0, 0.05) is 17.0 Å². The van der Waals surface area contributed by atoms with Crippen LogP contribution in [-0.4, -0.2) is 44.5 Å². The number of benzene rings is 3. The minimum Gasteiger partial charge on any atom is -0.493 e. The Morgan fingerprint density at radius 3 is 2.54 bits per heavy atom. The van der Waals surface area contributed by atoms with Gasteiger partial charge in [-0.15, -0.1) is 0 Å². The van der Waals surface area contributed by atoms with Gasteiger partial charge in [-0.1, -0.05) is 40.2 Å². The Kier molecular flexibility index (Phi) is 7.76. The van der Waals surface area contributed by atoms with Crippen molar-refractivity contribution < 1.29 is 28.6 Å². The summed E-state index contributed by atoms with van der Waals surface area (Å²) in [6.07, 6.45) is 0.217. The highest BCUT2D eigenvalue weighted by atomic mass is 35.5. The summed E-state index contributed by atoms with van der Waals surface area (Å²) in [5.74, 6) is 1.87. The number of hydrogen-bond acceptors (Lipinski definition) is 9. The quantitative estimate of drug-likeness (QED) is 0.258. The first-order valence-electron chi connectivity index (χ1n) is 12.0. The Morgan fingerprint density at radius 2 is 1.82 bits per heavy atom. The molecule has 1 amide bonds. The first kappa shape index (κ1) is 26.6. The van der Waals surface area contributed by atoms with Crippen molar-refractivity contribution in [1.29, 1.82) is 0 Å². The Hall–Kier alpha value is -4.02. The number of aromatic nitrogens is 1. The maximum atomic E-state index is 12.6. The lowest BCUT2D eigenvalue weighted by Crippen LogP contribution is -2.20. The number of oxime groups is 1. The third-order valence-electron chi connectivity index (χ3n) is 6.21. The molecule has 1 unspecified atom stereocenters. The van der Waals surface area contributed by atoms with Crippen LogP contribution in [0.1, 0.15) is 29.2 Å². The lowest BCUT2D eigenvalue weighted by Gasteiger charge is -2.14. The highest BCUT2D eigenvalue weighted by Gasteiger charge is 2.27. The van der Waals surface area contributed by atoms with Crippen molar-refractivity contribution in [1.82, 2.24) is 4.98 Å². The summed E-state index contributed by atoms with van der Waals surface area (Å²) < 4.78 is 23.1. The zero-order chi connectivity index (χ0) is 27.5. The SMILES string of the molecule is COc1cc(C2=NOC(c3ccc(C)c(OCC(=O)Nc4nc5cc(Cl)ccc5s4)c3)C2)cc(OC)c1OC. The second-order valence-electron chi connectivity index (χ2n) is 8.74. The Labute approximate surface area is 234 Å². The van der Waals surface area contributed by atoms with Crippen molar-refractivity contribution in [2.45, 2.75) is 19.4 Å². The number of hydrogen-bond donors (Lipinski definition) is 1. The van der Waals surface area contributed by atoms with E-state index in [1.54, 1.807) is 33.5 Å². The summed E-state index contributed by atoms with van der Waals surface area (Å²) in [6, 6.07) is 14.9. The van der Waals surface area contributed by atoms with E-state index >= 15 is 0 Å². The average Bonchev–Trinajstić information content (AvgIpc) is 3.58. The van der Waals surface area contributed by atoms with E-state index in [1.807, 2.05) is 43.3 Å². The molecule has 1 atom stereocenters. The molecule has 1 aromatic heterocycles. The normalized spacial score (nSPS) is 14.5. The number of amides is 1. The number of carbonyl (C=O) groups is 1. The van der Waals surface area contributed by atoms with Crippen molar-refractivity contribution in [3.8, 4) is 23.0 Å². The fourth-order valence-electron chi connectivity index (χ4n) is 4.20. The molecule has 0 saturated heterocycles. The van der Waals surface area contributed by atoms with Gasteiger partial charge in [0.05, 0.1) is 37.3 Å². The highest BCUT2D eigenvalue weighted by Crippen LogP contribution is 2.40. The van der Waals surface area contributed by atoms with Gasteiger partial charge < -0.3 is 23.8 Å². The van der Waals surface area contributed by atoms with Crippen molar-refractivity contribution in [3.63, 3.8) is 0 Å². The summed E-state index contributed by atoms with van der Waals surface area (Å²) in [5.41, 5.74) is 4.07. The van der Waals surface area contributed by atoms with Gasteiger partial charge in [-0.25, -0.2) is 4.98 Å². The highest BCUT2D eigenvalue weighted by molar-refractivity contribution is 7.22. The van der Waals surface area contributed by atoms with Gasteiger partial charge in [0.25, 0.3) is 5.91 Å². The molecule has 202 valence electrons. The molecule has 1 aliphatic rings. The zero-order valence-corrected chi connectivity index (χ0v) is 23.3. The first-order valence-corrected chi connectivity index (χ1v) is 13.2. The van der Waals surface area contributed by atoms with Crippen LogP contribution < -0.4 is 24.3 Å². The van der Waals surface area contributed by atoms with Crippen molar-refractivity contribution >= 4 is 49.9 Å². The molecular weight excluding hydrogens is 542 g/mol. The second-order valence-corrected chi connectivity index (χ2v) is 10.2. The number of halogens is 1. The van der Waals surface area contributed by atoms with Crippen LogP contribution in [0.2, 0.25) is 5.02 Å². The van der Waals surface area contributed by atoms with E-state index in [9.17, 15) is 4.79 Å². The van der Waals surface area contributed by atoms with Crippen molar-refractivity contribution in [3.05, 3.63) is 70.2 Å². The average molecular weight is 568 g/mol. The molecular formula is C28H26ClN3O6S. The molecule has 39 heavy (non-hydrogen) atoms. The van der Waals surface area contributed by atoms with Gasteiger partial charge >= 0.3 is 0 Å². The molecule has 0 spiro atoms. The molecule has 0 saturated carbocycles. The standard InChI is InChI=1S/C28H26ClN3O6S/c1-15-5-6-16(22-13-19(32-38-22)17-10-23(34-2)27(36-4)24(11-17)35-3)9-21(15)37-14-26(33)31-28-30-20-12-18(29)7-8-25(20)39-28/h5-12,22H,13-14H2,1-4H3,(H,30,31,33). The minimum absolute atomic E-state index is 0.167. The lowest BCUT2D eigenvalue weighted by atomic mass is 9.98. The number of methoxy groups -OCH3 is 3. The third-order valence-corrected chi connectivity index (χ3v) is 7.39. The molecule has 1 aliphatic heterocycles. The van der Waals surface area contributed by atoms with E-state index in [-0.39, 0.29) is 18.6 Å². The van der Waals surface area contributed by atoms with Gasteiger partial charge in [-0.05, 0) is 54.4 Å². The predicted octanol–water partition coefficient (Wildman–Crippen LogP) is 6.17. The number of fused-ring (bicyclic) bond motifs is 1. The van der Waals surface area contributed by atoms with Crippen LogP contribution in [0.15, 0.2) is 53.7 Å². The number of aryl methyl sites for hydroxylation is 1. The fourth-order valence-corrected chi connectivity index (χ4v) is 5.23. The molecule has 4 aromatic rings. The number of carbonyl (C=O) groups excluding carboxylic acids is 1. The largest absolute Gasteiger partial charge is 0.493 e. The van der Waals surface area contributed by atoms with E-state index in [1.165, 1.54) is 11.3 Å². The van der Waals surface area contributed by atoms with Gasteiger partial charge in [0.1, 0.15) is 5.75 Å². The molecule has 5 rings (SSSR count). The molecule has 0 fully saturated rings. The van der Waals surface area contributed by atoms with Crippen LogP contribution in [-0.2, 0) is 9.63 Å². The summed E-state index contributed by atoms with van der Waals surface area (Å²) in [6.45, 7) is 1.75. The molecule has 1 N–H and O–H groups in total. The smallest absolute Gasteiger partial charge is 0.264 e. The topological polar surface area (TPSA) is 100 Å². The fraction of sp³-hybridized carbons (Fsp3) is 0.250. The van der Waals surface area contributed by atoms with E-state index < -0.39 is 0 Å². The van der Waals surface area contributed by atoms with Crippen molar-refractivity contribution in [2.24, 2.45) is 5.16 Å². The molecule has 11 heteroatoms. The predicted molar refractivity (Wildman–Crippen MR) is 151 cm³/mol. The molecule has 3 aromatic carbocycles. The van der Waals surface area contributed by atoms with E-state index in [4.69, 9.17) is 35.4 Å². The first-order chi connectivity index (χ1) is 18.9. The summed E-state index contributed by atoms with van der Waals surface area (Å²) in [4.78, 5) is 22.7. The number of nitrogens with zero attached hydrogens (tertiary/aromatic N) is 2. The van der Waals surface area contributed by atoms with E-state index in [0.717, 1.165) is 32.6 Å². The van der Waals surface area contributed by atoms with Crippen LogP contribution in [0.25, 0.3) is 10.2 Å². The Bertz CT molecular complexity index is 1550. The third kappa shape index (κ3) is 5.71. The summed E-state index contributed by atoms with van der Waals surface area (Å²) >= 11 is 7.40. The van der Waals surface area contributed by atoms with Gasteiger partial charge in [-0.3, -0.25) is 10.1 Å². The van der Waals surface area contributed by atoms with Crippen LogP contribution in [0.4, 0.5) is 5.13 Å². The molecule has 0 radical (unpaired) electrons. The lowest BCUT2D eigenvalue weighted by molar-refractivity contribution is -0.118. The van der Waals surface area contributed by atoms with Gasteiger partial charge in [0.15, 0.2) is 29.3 Å². The van der Waals surface area contributed by atoms with Crippen LogP contribution in [0, 0.1) is 6.92 Å². The van der Waals surface area contributed by atoms with Crippen LogP contribution in [0.3, 0.4) is 0 Å². The van der Waals surface area contributed by atoms with E-state index in [0.29, 0.717) is 39.6 Å². The Morgan fingerprint density at radius 1 is 1.05 bits per heavy atom. The van der Waals surface area contributed by atoms with Crippen LogP contribution >= 0.6 is 22.9 Å².